The van der Waals surface area contributed by atoms with Crippen molar-refractivity contribution < 1.29 is 23.2 Å². The van der Waals surface area contributed by atoms with Gasteiger partial charge in [0.15, 0.2) is 5.56 Å². The summed E-state index contributed by atoms with van der Waals surface area (Å²) in [5, 5.41) is 10.7. The molecule has 0 atom stereocenters. The molecule has 0 fully saturated rings. The van der Waals surface area contributed by atoms with Gasteiger partial charge in [-0.05, 0) is 29.3 Å². The van der Waals surface area contributed by atoms with Crippen LogP contribution in [0.1, 0.15) is 34.8 Å². The fraction of sp³-hybridized carbons (Fsp3) is 0.400. The van der Waals surface area contributed by atoms with Crippen LogP contribution in [0.15, 0.2) is 6.20 Å². The summed E-state index contributed by atoms with van der Waals surface area (Å²) in [7, 11) is 0. The lowest BCUT2D eigenvalue weighted by molar-refractivity contribution is -0.390. The first kappa shape index (κ1) is 13.9. The van der Waals surface area contributed by atoms with Gasteiger partial charge in [-0.2, -0.15) is 0 Å². The normalized spacial score (nSPS) is 10.5. The van der Waals surface area contributed by atoms with Gasteiger partial charge in [0.25, 0.3) is 6.43 Å². The number of nitro groups is 1. The summed E-state index contributed by atoms with van der Waals surface area (Å²) in [4.78, 5) is 24.6. The SMILES string of the molecule is CCOC(=O)c1c([N+](=O)[O-])ncc(C(F)F)c1C. The van der Waals surface area contributed by atoms with E-state index in [2.05, 4.69) is 9.72 Å². The Balaban J connectivity index is 3.45. The smallest absolute Gasteiger partial charge is 0.378 e. The van der Waals surface area contributed by atoms with Gasteiger partial charge in [0.2, 0.25) is 0 Å². The largest absolute Gasteiger partial charge is 0.462 e. The standard InChI is InChI=1S/C10H10F2N2O4/c1-3-18-10(15)7-5(2)6(8(11)12)4-13-9(7)14(16)17/h4,8H,3H2,1-2H3. The average Bonchev–Trinajstić information content (AvgIpc) is 2.27. The molecule has 6 nitrogen and oxygen atoms in total. The summed E-state index contributed by atoms with van der Waals surface area (Å²) in [5.74, 6) is -1.81. The van der Waals surface area contributed by atoms with Gasteiger partial charge in [-0.15, -0.1) is 0 Å². The van der Waals surface area contributed by atoms with Gasteiger partial charge >= 0.3 is 11.8 Å². The van der Waals surface area contributed by atoms with Crippen molar-refractivity contribution in [2.45, 2.75) is 20.3 Å². The number of ether oxygens (including phenoxy) is 1. The predicted octanol–water partition coefficient (Wildman–Crippen LogP) is 2.41. The third-order valence-corrected chi connectivity index (χ3v) is 2.25. The fourth-order valence-corrected chi connectivity index (χ4v) is 1.41. The highest BCUT2D eigenvalue weighted by molar-refractivity contribution is 5.95. The van der Waals surface area contributed by atoms with E-state index in [0.29, 0.717) is 6.20 Å². The molecule has 0 amide bonds. The third-order valence-electron chi connectivity index (χ3n) is 2.25. The monoisotopic (exact) mass is 260 g/mol. The Kier molecular flexibility index (Phi) is 4.24. The summed E-state index contributed by atoms with van der Waals surface area (Å²) >= 11 is 0. The number of nitrogens with zero attached hydrogens (tertiary/aromatic N) is 2. The second-order valence-corrected chi connectivity index (χ2v) is 3.32. The molecule has 0 saturated heterocycles. The first-order valence-corrected chi connectivity index (χ1v) is 4.99. The Morgan fingerprint density at radius 3 is 2.67 bits per heavy atom. The zero-order valence-corrected chi connectivity index (χ0v) is 9.65. The molecular formula is C10H10F2N2O4. The maximum atomic E-state index is 12.6. The lowest BCUT2D eigenvalue weighted by Crippen LogP contribution is -2.13. The number of aromatic nitrogens is 1. The second-order valence-electron chi connectivity index (χ2n) is 3.32. The van der Waals surface area contributed by atoms with Crippen molar-refractivity contribution in [1.82, 2.24) is 4.98 Å². The molecule has 0 bridgehead atoms. The third kappa shape index (κ3) is 2.58. The van der Waals surface area contributed by atoms with Crippen LogP contribution in [0, 0.1) is 17.0 Å². The Morgan fingerprint density at radius 1 is 1.61 bits per heavy atom. The summed E-state index contributed by atoms with van der Waals surface area (Å²) in [6, 6.07) is 0. The van der Waals surface area contributed by atoms with Crippen molar-refractivity contribution in [2.75, 3.05) is 6.61 Å². The van der Waals surface area contributed by atoms with Crippen LogP contribution >= 0.6 is 0 Å². The predicted molar refractivity (Wildman–Crippen MR) is 56.5 cm³/mol. The van der Waals surface area contributed by atoms with Gasteiger partial charge in [-0.25, -0.2) is 13.6 Å². The summed E-state index contributed by atoms with van der Waals surface area (Å²) < 4.78 is 29.9. The van der Waals surface area contributed by atoms with E-state index in [-0.39, 0.29) is 12.2 Å². The fourth-order valence-electron chi connectivity index (χ4n) is 1.41. The topological polar surface area (TPSA) is 82.3 Å². The quantitative estimate of drug-likeness (QED) is 0.471. The molecule has 8 heteroatoms. The van der Waals surface area contributed by atoms with Gasteiger partial charge in [0.1, 0.15) is 6.20 Å². The molecular weight excluding hydrogens is 250 g/mol. The maximum absolute atomic E-state index is 12.6. The van der Waals surface area contributed by atoms with Crippen LogP contribution in [0.3, 0.4) is 0 Å². The van der Waals surface area contributed by atoms with E-state index in [0.717, 1.165) is 0 Å². The summed E-state index contributed by atoms with van der Waals surface area (Å²) in [6.07, 6.45) is -2.17. The molecule has 18 heavy (non-hydrogen) atoms. The molecule has 1 heterocycles. The van der Waals surface area contributed by atoms with Gasteiger partial charge in [-0.3, -0.25) is 0 Å². The summed E-state index contributed by atoms with van der Waals surface area (Å²) in [5.41, 5.74) is -1.24. The van der Waals surface area contributed by atoms with Crippen molar-refractivity contribution >= 4 is 11.8 Å². The van der Waals surface area contributed by atoms with E-state index in [1.54, 1.807) is 0 Å². The maximum Gasteiger partial charge on any atom is 0.378 e. The van der Waals surface area contributed by atoms with E-state index in [1.807, 2.05) is 0 Å². The highest BCUT2D eigenvalue weighted by Gasteiger charge is 2.29. The van der Waals surface area contributed by atoms with Crippen LogP contribution < -0.4 is 0 Å². The van der Waals surface area contributed by atoms with Crippen LogP contribution in [0.25, 0.3) is 0 Å². The minimum absolute atomic E-state index is 0.0195. The number of hydrogen-bond acceptors (Lipinski definition) is 5. The van der Waals surface area contributed by atoms with Crippen molar-refractivity contribution in [1.29, 1.82) is 0 Å². The van der Waals surface area contributed by atoms with Gasteiger partial charge in [0, 0.05) is 0 Å². The second kappa shape index (κ2) is 5.48. The minimum Gasteiger partial charge on any atom is -0.462 e. The number of carbonyl (C=O) groups excluding carboxylic acids is 1. The highest BCUT2D eigenvalue weighted by Crippen LogP contribution is 2.29. The van der Waals surface area contributed by atoms with Gasteiger partial charge in [0.05, 0.1) is 12.2 Å². The molecule has 1 rings (SSSR count). The molecule has 0 N–H and O–H groups in total. The van der Waals surface area contributed by atoms with Crippen molar-refractivity contribution in [3.63, 3.8) is 0 Å². The molecule has 0 aliphatic rings. The van der Waals surface area contributed by atoms with Crippen molar-refractivity contribution in [2.24, 2.45) is 0 Å². The van der Waals surface area contributed by atoms with Crippen molar-refractivity contribution in [3.05, 3.63) is 33.0 Å². The molecule has 0 unspecified atom stereocenters. The summed E-state index contributed by atoms with van der Waals surface area (Å²) in [6.45, 7) is 2.68. The Labute approximate surface area is 101 Å². The first-order valence-electron chi connectivity index (χ1n) is 4.99. The number of hydrogen-bond donors (Lipinski definition) is 0. The minimum atomic E-state index is -2.87. The van der Waals surface area contributed by atoms with Crippen LogP contribution in [0.4, 0.5) is 14.6 Å². The van der Waals surface area contributed by atoms with E-state index < -0.39 is 34.3 Å². The van der Waals surface area contributed by atoms with Gasteiger partial charge < -0.3 is 14.9 Å². The molecule has 0 radical (unpaired) electrons. The van der Waals surface area contributed by atoms with E-state index in [4.69, 9.17) is 0 Å². The molecule has 98 valence electrons. The van der Waals surface area contributed by atoms with Crippen LogP contribution in [0.2, 0.25) is 0 Å². The van der Waals surface area contributed by atoms with Crippen LogP contribution in [-0.4, -0.2) is 22.5 Å². The number of esters is 1. The number of rotatable bonds is 4. The average molecular weight is 260 g/mol. The van der Waals surface area contributed by atoms with Crippen LogP contribution in [-0.2, 0) is 4.74 Å². The molecule has 0 saturated carbocycles. The lowest BCUT2D eigenvalue weighted by Gasteiger charge is -2.08. The number of pyridine rings is 1. The Morgan fingerprint density at radius 2 is 2.22 bits per heavy atom. The van der Waals surface area contributed by atoms with Gasteiger partial charge in [-0.1, -0.05) is 0 Å². The zero-order chi connectivity index (χ0) is 13.9. The van der Waals surface area contributed by atoms with Crippen LogP contribution in [0.5, 0.6) is 0 Å². The Hall–Kier alpha value is -2.12. The lowest BCUT2D eigenvalue weighted by atomic mass is 10.1. The van der Waals surface area contributed by atoms with E-state index in [1.165, 1.54) is 13.8 Å². The number of alkyl halides is 2. The Bertz CT molecular complexity index is 491. The molecule has 1 aromatic rings. The molecule has 0 spiro atoms. The number of halogens is 2. The molecule has 0 aliphatic carbocycles. The molecule has 0 aromatic carbocycles. The number of carbonyl (C=O) groups is 1. The molecule has 1 aromatic heterocycles. The molecule has 0 aliphatic heterocycles. The highest BCUT2D eigenvalue weighted by atomic mass is 19.3. The first-order chi connectivity index (χ1) is 8.40. The zero-order valence-electron chi connectivity index (χ0n) is 9.65. The van der Waals surface area contributed by atoms with E-state index >= 15 is 0 Å². The van der Waals surface area contributed by atoms with E-state index in [9.17, 15) is 23.7 Å². The van der Waals surface area contributed by atoms with Crippen molar-refractivity contribution in [3.8, 4) is 0 Å².